The number of carbonyl (C=O) groups is 1. The molecule has 0 saturated carbocycles. The first-order valence-electron chi connectivity index (χ1n) is 13.2. The van der Waals surface area contributed by atoms with Crippen LogP contribution in [0.2, 0.25) is 0 Å². The van der Waals surface area contributed by atoms with E-state index in [4.69, 9.17) is 4.74 Å². The molecule has 0 bridgehead atoms. The molecule has 4 nitrogen and oxygen atoms in total. The van der Waals surface area contributed by atoms with E-state index >= 15 is 0 Å². The zero-order chi connectivity index (χ0) is 28.6. The van der Waals surface area contributed by atoms with Crippen LogP contribution in [0.25, 0.3) is 5.70 Å². The summed E-state index contributed by atoms with van der Waals surface area (Å²) in [4.78, 5) is 17.3. The monoisotopic (exact) mass is 524 g/mol. The van der Waals surface area contributed by atoms with Crippen LogP contribution in [0.3, 0.4) is 0 Å². The Morgan fingerprint density at radius 3 is 2.34 bits per heavy atom. The standard InChI is InChI=1S/C32H42F2N2O2/c1-20(2)16-25-18-28-24(19-29(25)38-10)14-15-27(21(3)30(37)35(9)31(5,6)7)36(28)22(4)23-12-11-13-26(17-23)32(8,33)34/h11-13,17-20H,4,14-16H2,1-3,5-10H3/b27-21+. The Hall–Kier alpha value is -3.15. The Bertz CT molecular complexity index is 1250. The first-order chi connectivity index (χ1) is 17.6. The minimum atomic E-state index is -2.98. The van der Waals surface area contributed by atoms with Crippen LogP contribution in [-0.4, -0.2) is 30.5 Å². The lowest BCUT2D eigenvalue weighted by atomic mass is 9.90. The highest BCUT2D eigenvalue weighted by molar-refractivity contribution is 5.97. The summed E-state index contributed by atoms with van der Waals surface area (Å²) >= 11 is 0. The fourth-order valence-corrected chi connectivity index (χ4v) is 4.81. The molecule has 6 heteroatoms. The van der Waals surface area contributed by atoms with Gasteiger partial charge in [0.05, 0.1) is 7.11 Å². The molecule has 0 saturated heterocycles. The molecule has 2 aromatic carbocycles. The number of allylic oxidation sites excluding steroid dienone is 1. The second-order valence-corrected chi connectivity index (χ2v) is 11.7. The quantitative estimate of drug-likeness (QED) is 0.345. The summed E-state index contributed by atoms with van der Waals surface area (Å²) in [5.74, 6) is -1.81. The van der Waals surface area contributed by atoms with Crippen molar-refractivity contribution in [3.05, 3.63) is 76.5 Å². The first kappa shape index (κ1) is 29.4. The molecule has 0 N–H and O–H groups in total. The van der Waals surface area contributed by atoms with Crippen LogP contribution in [0.4, 0.5) is 14.5 Å². The number of hydrogen-bond donors (Lipinski definition) is 0. The number of rotatable bonds is 7. The summed E-state index contributed by atoms with van der Waals surface area (Å²) in [6, 6.07) is 10.5. The van der Waals surface area contributed by atoms with Crippen molar-refractivity contribution in [2.45, 2.75) is 79.2 Å². The zero-order valence-electron chi connectivity index (χ0n) is 24.3. The van der Waals surface area contributed by atoms with Crippen molar-refractivity contribution in [3.63, 3.8) is 0 Å². The summed E-state index contributed by atoms with van der Waals surface area (Å²) in [5, 5.41) is 0. The highest BCUT2D eigenvalue weighted by atomic mass is 19.3. The lowest BCUT2D eigenvalue weighted by molar-refractivity contribution is -0.129. The van der Waals surface area contributed by atoms with Crippen molar-refractivity contribution in [1.29, 1.82) is 0 Å². The van der Waals surface area contributed by atoms with Gasteiger partial charge in [-0.2, -0.15) is 0 Å². The van der Waals surface area contributed by atoms with Crippen LogP contribution in [-0.2, 0) is 23.6 Å². The van der Waals surface area contributed by atoms with Gasteiger partial charge >= 0.3 is 0 Å². The minimum absolute atomic E-state index is 0.0708. The van der Waals surface area contributed by atoms with Gasteiger partial charge < -0.3 is 14.5 Å². The second-order valence-electron chi connectivity index (χ2n) is 11.7. The van der Waals surface area contributed by atoms with E-state index in [1.807, 2.05) is 32.6 Å². The van der Waals surface area contributed by atoms with E-state index in [9.17, 15) is 13.6 Å². The number of carbonyl (C=O) groups excluding carboxylic acids is 1. The SMILES string of the molecule is C=C(c1cccc(C(C)(F)F)c1)N1/C(=C(\C)C(=O)N(C)C(C)(C)C)CCc2cc(OC)c(CC(C)C)cc21. The van der Waals surface area contributed by atoms with Crippen LogP contribution >= 0.6 is 0 Å². The average molecular weight is 525 g/mol. The minimum Gasteiger partial charge on any atom is -0.496 e. The molecule has 0 aliphatic carbocycles. The number of likely N-dealkylation sites (N-methyl/N-ethyl adjacent to an activating group) is 1. The lowest BCUT2D eigenvalue weighted by Crippen LogP contribution is -2.44. The fraction of sp³-hybridized carbons (Fsp3) is 0.469. The van der Waals surface area contributed by atoms with Crippen LogP contribution in [0.1, 0.15) is 77.1 Å². The van der Waals surface area contributed by atoms with Crippen molar-refractivity contribution in [2.75, 3.05) is 19.1 Å². The Balaban J connectivity index is 2.26. The van der Waals surface area contributed by atoms with E-state index in [-0.39, 0.29) is 17.0 Å². The number of benzene rings is 2. The van der Waals surface area contributed by atoms with Crippen LogP contribution in [0.15, 0.2) is 54.2 Å². The maximum atomic E-state index is 14.2. The van der Waals surface area contributed by atoms with Crippen LogP contribution < -0.4 is 9.64 Å². The van der Waals surface area contributed by atoms with Gasteiger partial charge in [-0.15, -0.1) is 0 Å². The van der Waals surface area contributed by atoms with Crippen LogP contribution in [0, 0.1) is 5.92 Å². The van der Waals surface area contributed by atoms with Gasteiger partial charge in [0.2, 0.25) is 0 Å². The predicted molar refractivity (Wildman–Crippen MR) is 153 cm³/mol. The van der Waals surface area contributed by atoms with E-state index < -0.39 is 5.92 Å². The van der Waals surface area contributed by atoms with Gasteiger partial charge in [-0.25, -0.2) is 8.78 Å². The number of alkyl halides is 2. The number of methoxy groups -OCH3 is 1. The fourth-order valence-electron chi connectivity index (χ4n) is 4.81. The summed E-state index contributed by atoms with van der Waals surface area (Å²) in [6.07, 6.45) is 2.15. The molecule has 0 spiro atoms. The molecule has 0 atom stereocenters. The highest BCUT2D eigenvalue weighted by Gasteiger charge is 2.32. The maximum absolute atomic E-state index is 14.2. The molecular formula is C32H42F2N2O2. The van der Waals surface area contributed by atoms with Crippen molar-refractivity contribution in [3.8, 4) is 5.75 Å². The van der Waals surface area contributed by atoms with Gasteiger partial charge in [0.25, 0.3) is 11.8 Å². The number of fused-ring (bicyclic) bond motifs is 1. The maximum Gasteiger partial charge on any atom is 0.270 e. The number of nitrogens with zero attached hydrogens (tertiary/aromatic N) is 2. The third kappa shape index (κ3) is 6.11. The molecule has 38 heavy (non-hydrogen) atoms. The molecule has 0 aromatic heterocycles. The first-order valence-corrected chi connectivity index (χ1v) is 13.2. The molecule has 206 valence electrons. The molecule has 1 aliphatic rings. The lowest BCUT2D eigenvalue weighted by Gasteiger charge is -2.39. The van der Waals surface area contributed by atoms with E-state index in [1.54, 1.807) is 31.2 Å². The number of anilines is 1. The number of aryl methyl sites for hydroxylation is 1. The third-order valence-electron chi connectivity index (χ3n) is 7.29. The van der Waals surface area contributed by atoms with Gasteiger partial charge in [-0.05, 0) is 87.8 Å². The van der Waals surface area contributed by atoms with E-state index in [0.29, 0.717) is 29.2 Å². The Morgan fingerprint density at radius 1 is 1.13 bits per heavy atom. The van der Waals surface area contributed by atoms with Gasteiger partial charge in [0, 0.05) is 47.7 Å². The van der Waals surface area contributed by atoms with E-state index in [1.165, 1.54) is 12.1 Å². The van der Waals surface area contributed by atoms with Gasteiger partial charge in [0.15, 0.2) is 0 Å². The normalized spacial score (nSPS) is 15.3. The zero-order valence-corrected chi connectivity index (χ0v) is 24.3. The molecule has 1 amide bonds. The number of ether oxygens (including phenoxy) is 1. The van der Waals surface area contributed by atoms with Crippen molar-refractivity contribution in [2.24, 2.45) is 5.92 Å². The topological polar surface area (TPSA) is 32.8 Å². The summed E-state index contributed by atoms with van der Waals surface area (Å²) in [6.45, 7) is 17.4. The summed E-state index contributed by atoms with van der Waals surface area (Å²) < 4.78 is 34.2. The number of halogens is 2. The molecule has 1 heterocycles. The van der Waals surface area contributed by atoms with Crippen LogP contribution in [0.5, 0.6) is 5.75 Å². The Morgan fingerprint density at radius 2 is 1.79 bits per heavy atom. The van der Waals surface area contributed by atoms with Gasteiger partial charge in [0.1, 0.15) is 5.75 Å². The molecule has 0 unspecified atom stereocenters. The summed E-state index contributed by atoms with van der Waals surface area (Å²) in [7, 11) is 3.48. The smallest absolute Gasteiger partial charge is 0.270 e. The van der Waals surface area contributed by atoms with E-state index in [0.717, 1.165) is 48.0 Å². The van der Waals surface area contributed by atoms with Crippen molar-refractivity contribution >= 4 is 17.3 Å². The highest BCUT2D eigenvalue weighted by Crippen LogP contribution is 2.43. The number of amides is 1. The molecule has 3 rings (SSSR count). The van der Waals surface area contributed by atoms with E-state index in [2.05, 4.69) is 32.6 Å². The Labute approximate surface area is 227 Å². The molecule has 1 aliphatic heterocycles. The number of hydrogen-bond acceptors (Lipinski definition) is 3. The average Bonchev–Trinajstić information content (AvgIpc) is 2.84. The van der Waals surface area contributed by atoms with Gasteiger partial charge in [-0.1, -0.05) is 38.6 Å². The molecule has 0 radical (unpaired) electrons. The molecule has 0 fully saturated rings. The third-order valence-corrected chi connectivity index (χ3v) is 7.29. The predicted octanol–water partition coefficient (Wildman–Crippen LogP) is 7.96. The van der Waals surface area contributed by atoms with Crippen molar-refractivity contribution in [1.82, 2.24) is 4.90 Å². The van der Waals surface area contributed by atoms with Crippen molar-refractivity contribution < 1.29 is 18.3 Å². The van der Waals surface area contributed by atoms with Gasteiger partial charge in [-0.3, -0.25) is 4.79 Å². The summed E-state index contributed by atoms with van der Waals surface area (Å²) in [5.41, 5.74) is 5.20. The molecular weight excluding hydrogens is 482 g/mol. The Kier molecular flexibility index (Phi) is 8.45. The largest absolute Gasteiger partial charge is 0.496 e. The molecule has 2 aromatic rings. The second kappa shape index (κ2) is 10.9.